The number of aliphatic imine (C=N–C) groups is 1. The molecule has 3 rings (SSSR count). The maximum atomic E-state index is 5.96. The lowest BCUT2D eigenvalue weighted by molar-refractivity contribution is -0.168. The Labute approximate surface area is 180 Å². The van der Waals surface area contributed by atoms with Gasteiger partial charge in [0.25, 0.3) is 0 Å². The summed E-state index contributed by atoms with van der Waals surface area (Å²) in [5.74, 6) is 0.951. The summed E-state index contributed by atoms with van der Waals surface area (Å²) in [4.78, 5) is 4.79. The van der Waals surface area contributed by atoms with Crippen LogP contribution in [0.1, 0.15) is 57.3 Å². The Hall–Kier alpha value is -0.830. The van der Waals surface area contributed by atoms with Crippen molar-refractivity contribution in [3.63, 3.8) is 0 Å². The lowest BCUT2D eigenvalue weighted by Crippen LogP contribution is -2.68. The van der Waals surface area contributed by atoms with Crippen LogP contribution in [0.25, 0.3) is 0 Å². The van der Waals surface area contributed by atoms with Crippen LogP contribution < -0.4 is 10.6 Å². The molecular formula is C20H36IN5O. The van der Waals surface area contributed by atoms with E-state index in [1.807, 2.05) is 6.92 Å². The summed E-state index contributed by atoms with van der Waals surface area (Å²) >= 11 is 0. The van der Waals surface area contributed by atoms with E-state index in [1.54, 1.807) is 0 Å². The third-order valence-corrected chi connectivity index (χ3v) is 5.99. The molecule has 2 aliphatic rings. The van der Waals surface area contributed by atoms with Crippen LogP contribution in [-0.2, 0) is 11.3 Å². The van der Waals surface area contributed by atoms with Crippen LogP contribution >= 0.6 is 24.0 Å². The largest absolute Gasteiger partial charge is 0.378 e. The van der Waals surface area contributed by atoms with E-state index < -0.39 is 0 Å². The minimum Gasteiger partial charge on any atom is -0.378 e. The van der Waals surface area contributed by atoms with Crippen molar-refractivity contribution in [1.82, 2.24) is 20.4 Å². The number of aromatic nitrogens is 2. The van der Waals surface area contributed by atoms with E-state index in [1.165, 1.54) is 25.0 Å². The summed E-state index contributed by atoms with van der Waals surface area (Å²) in [5.41, 5.74) is 2.66. The monoisotopic (exact) mass is 489 g/mol. The highest BCUT2D eigenvalue weighted by atomic mass is 127. The van der Waals surface area contributed by atoms with Gasteiger partial charge in [-0.25, -0.2) is 0 Å². The lowest BCUT2D eigenvalue weighted by atomic mass is 9.51. The van der Waals surface area contributed by atoms with Gasteiger partial charge in [-0.15, -0.1) is 24.0 Å². The molecule has 0 aromatic carbocycles. The summed E-state index contributed by atoms with van der Waals surface area (Å²) < 4.78 is 8.03. The van der Waals surface area contributed by atoms with Gasteiger partial charge in [-0.1, -0.05) is 6.42 Å². The minimum absolute atomic E-state index is 0. The van der Waals surface area contributed by atoms with Crippen LogP contribution in [0.4, 0.5) is 0 Å². The fourth-order valence-corrected chi connectivity index (χ4v) is 4.44. The SMILES string of the molecule is CCNC(=NCCCn1nc(C)cc1C)NC1CC(OCC)C12CCC2.I. The van der Waals surface area contributed by atoms with Crippen molar-refractivity contribution in [3.05, 3.63) is 17.5 Å². The zero-order valence-corrected chi connectivity index (χ0v) is 19.6. The van der Waals surface area contributed by atoms with Gasteiger partial charge in [-0.2, -0.15) is 5.10 Å². The van der Waals surface area contributed by atoms with E-state index in [0.717, 1.165) is 50.7 Å². The number of hydrogen-bond donors (Lipinski definition) is 2. The van der Waals surface area contributed by atoms with Gasteiger partial charge in [0.05, 0.1) is 11.8 Å². The van der Waals surface area contributed by atoms with Gasteiger partial charge in [0.15, 0.2) is 5.96 Å². The van der Waals surface area contributed by atoms with Crippen molar-refractivity contribution in [2.75, 3.05) is 19.7 Å². The molecule has 0 bridgehead atoms. The maximum absolute atomic E-state index is 5.96. The van der Waals surface area contributed by atoms with Gasteiger partial charge in [0.2, 0.25) is 0 Å². The minimum atomic E-state index is 0. The molecule has 0 radical (unpaired) electrons. The third-order valence-electron chi connectivity index (χ3n) is 5.99. The predicted molar refractivity (Wildman–Crippen MR) is 121 cm³/mol. The summed E-state index contributed by atoms with van der Waals surface area (Å²) in [7, 11) is 0. The van der Waals surface area contributed by atoms with Crippen molar-refractivity contribution in [2.24, 2.45) is 10.4 Å². The number of halogens is 1. The molecule has 6 nitrogen and oxygen atoms in total. The van der Waals surface area contributed by atoms with Gasteiger partial charge in [0, 0.05) is 43.4 Å². The molecule has 1 aromatic rings. The van der Waals surface area contributed by atoms with Crippen molar-refractivity contribution in [2.45, 2.75) is 78.5 Å². The van der Waals surface area contributed by atoms with Gasteiger partial charge in [-0.3, -0.25) is 9.67 Å². The van der Waals surface area contributed by atoms with E-state index in [-0.39, 0.29) is 24.0 Å². The van der Waals surface area contributed by atoms with Crippen molar-refractivity contribution >= 4 is 29.9 Å². The Morgan fingerprint density at radius 3 is 2.70 bits per heavy atom. The first-order chi connectivity index (χ1) is 12.6. The van der Waals surface area contributed by atoms with Gasteiger partial charge in [-0.05, 0) is 59.4 Å². The topological polar surface area (TPSA) is 63.5 Å². The zero-order chi connectivity index (χ0) is 18.6. The lowest BCUT2D eigenvalue weighted by Gasteiger charge is -2.61. The average Bonchev–Trinajstić information content (AvgIpc) is 2.86. The number of nitrogens with one attached hydrogen (secondary N) is 2. The molecule has 2 aliphatic carbocycles. The normalized spacial score (nSPS) is 23.3. The molecule has 0 aliphatic heterocycles. The molecule has 2 N–H and O–H groups in total. The Morgan fingerprint density at radius 1 is 1.37 bits per heavy atom. The maximum Gasteiger partial charge on any atom is 0.191 e. The van der Waals surface area contributed by atoms with Gasteiger partial charge >= 0.3 is 0 Å². The van der Waals surface area contributed by atoms with Crippen LogP contribution in [0.5, 0.6) is 0 Å². The fraction of sp³-hybridized carbons (Fsp3) is 0.800. The van der Waals surface area contributed by atoms with E-state index in [9.17, 15) is 0 Å². The molecule has 1 aromatic heterocycles. The molecule has 2 unspecified atom stereocenters. The molecule has 27 heavy (non-hydrogen) atoms. The number of hydrogen-bond acceptors (Lipinski definition) is 3. The van der Waals surface area contributed by atoms with E-state index >= 15 is 0 Å². The van der Waals surface area contributed by atoms with E-state index in [2.05, 4.69) is 47.3 Å². The smallest absolute Gasteiger partial charge is 0.191 e. The molecule has 154 valence electrons. The highest BCUT2D eigenvalue weighted by Gasteiger charge is 2.59. The Balaban J connectivity index is 0.00000261. The second kappa shape index (κ2) is 10.1. The van der Waals surface area contributed by atoms with Crippen molar-refractivity contribution < 1.29 is 4.74 Å². The van der Waals surface area contributed by atoms with Gasteiger partial charge in [0.1, 0.15) is 0 Å². The fourth-order valence-electron chi connectivity index (χ4n) is 4.44. The van der Waals surface area contributed by atoms with Crippen LogP contribution in [0.2, 0.25) is 0 Å². The first kappa shape index (κ1) is 22.5. The third kappa shape index (κ3) is 4.96. The summed E-state index contributed by atoms with van der Waals surface area (Å²) in [6.45, 7) is 11.8. The Bertz CT molecular complexity index is 626. The first-order valence-electron chi connectivity index (χ1n) is 10.3. The summed E-state index contributed by atoms with van der Waals surface area (Å²) in [6, 6.07) is 2.62. The summed E-state index contributed by atoms with van der Waals surface area (Å²) in [5, 5.41) is 11.6. The highest BCUT2D eigenvalue weighted by Crippen LogP contribution is 2.57. The zero-order valence-electron chi connectivity index (χ0n) is 17.3. The van der Waals surface area contributed by atoms with E-state index in [4.69, 9.17) is 9.73 Å². The van der Waals surface area contributed by atoms with Crippen LogP contribution in [0, 0.1) is 19.3 Å². The molecule has 2 saturated carbocycles. The number of aryl methyl sites for hydroxylation is 3. The number of guanidine groups is 1. The Kier molecular flexibility index (Phi) is 8.39. The molecule has 1 spiro atoms. The Morgan fingerprint density at radius 2 is 2.15 bits per heavy atom. The second-order valence-electron chi connectivity index (χ2n) is 7.73. The molecule has 1 heterocycles. The van der Waals surface area contributed by atoms with Crippen LogP contribution in [-0.4, -0.2) is 47.6 Å². The second-order valence-corrected chi connectivity index (χ2v) is 7.73. The predicted octanol–water partition coefficient (Wildman–Crippen LogP) is 3.41. The number of ether oxygens (including phenoxy) is 1. The molecule has 0 saturated heterocycles. The molecule has 2 atom stereocenters. The quantitative estimate of drug-likeness (QED) is 0.254. The number of rotatable bonds is 8. The van der Waals surface area contributed by atoms with Crippen molar-refractivity contribution in [1.29, 1.82) is 0 Å². The standard InChI is InChI=1S/C20H35N5O.HI/c1-5-21-19(22-11-8-12-25-16(4)13-15(3)24-25)23-17-14-18(26-6-2)20(17)9-7-10-20;/h13,17-18H,5-12,14H2,1-4H3,(H2,21,22,23);1H. The number of nitrogens with zero attached hydrogens (tertiary/aromatic N) is 3. The van der Waals surface area contributed by atoms with Crippen molar-refractivity contribution in [3.8, 4) is 0 Å². The van der Waals surface area contributed by atoms with E-state index in [0.29, 0.717) is 17.6 Å². The molecule has 7 heteroatoms. The molecule has 2 fully saturated rings. The summed E-state index contributed by atoms with van der Waals surface area (Å²) in [6.07, 6.45) is 6.43. The van der Waals surface area contributed by atoms with Gasteiger partial charge < -0.3 is 15.4 Å². The molecule has 0 amide bonds. The average molecular weight is 489 g/mol. The molecular weight excluding hydrogens is 453 g/mol. The first-order valence-corrected chi connectivity index (χ1v) is 10.3. The van der Waals surface area contributed by atoms with Crippen LogP contribution in [0.15, 0.2) is 11.1 Å². The highest BCUT2D eigenvalue weighted by molar-refractivity contribution is 14.0. The van der Waals surface area contributed by atoms with Crippen LogP contribution in [0.3, 0.4) is 0 Å².